The van der Waals surface area contributed by atoms with Gasteiger partial charge < -0.3 is 0 Å². The molecule has 0 amide bonds. The first-order valence-corrected chi connectivity index (χ1v) is 11.4. The van der Waals surface area contributed by atoms with E-state index in [0.29, 0.717) is 11.6 Å². The summed E-state index contributed by atoms with van der Waals surface area (Å²) in [5.74, 6) is 1.22. The molecule has 34 heavy (non-hydrogen) atoms. The second-order valence-electron chi connectivity index (χ2n) is 8.17. The van der Waals surface area contributed by atoms with E-state index in [-0.39, 0.29) is 0 Å². The molecule has 0 bridgehead atoms. The van der Waals surface area contributed by atoms with Crippen molar-refractivity contribution in [3.63, 3.8) is 0 Å². The van der Waals surface area contributed by atoms with Crippen LogP contribution in [0.4, 0.5) is 0 Å². The lowest BCUT2D eigenvalue weighted by Gasteiger charge is -2.07. The molecule has 0 spiro atoms. The third-order valence-electron chi connectivity index (χ3n) is 6.12. The van der Waals surface area contributed by atoms with Gasteiger partial charge in [0.1, 0.15) is 11.4 Å². The van der Waals surface area contributed by atoms with Gasteiger partial charge in [-0.15, -0.1) is 0 Å². The zero-order valence-electron chi connectivity index (χ0n) is 19.7. The second-order valence-corrected chi connectivity index (χ2v) is 8.17. The summed E-state index contributed by atoms with van der Waals surface area (Å²) in [5.41, 5.74) is 9.57. The fourth-order valence-electron chi connectivity index (χ4n) is 4.10. The highest BCUT2D eigenvalue weighted by Crippen LogP contribution is 2.28. The number of H-pyrrole nitrogens is 2. The highest BCUT2D eigenvalue weighted by atomic mass is 15.1. The van der Waals surface area contributed by atoms with Crippen molar-refractivity contribution in [3.8, 4) is 45.6 Å². The lowest BCUT2D eigenvalue weighted by molar-refractivity contribution is 0.967. The summed E-state index contributed by atoms with van der Waals surface area (Å²) in [6.07, 6.45) is 5.33. The second kappa shape index (κ2) is 8.97. The molecule has 0 saturated carbocycles. The van der Waals surface area contributed by atoms with Crippen LogP contribution in [0, 0.1) is 13.8 Å². The molecule has 0 saturated heterocycles. The minimum Gasteiger partial charge on any atom is -0.282 e. The number of hydrogen-bond donors (Lipinski definition) is 2. The Morgan fingerprint density at radius 1 is 0.676 bits per heavy atom. The van der Waals surface area contributed by atoms with Crippen LogP contribution in [0.25, 0.3) is 45.6 Å². The standard InChI is InChI=1S/C26H26N8/c1-5-19-15(3)23(33-31-19)25-27-12-10-21(29-25)17-8-7-9-18(14-17)22-11-13-28-26(30-22)24-16(4)20(6-2)32-34-24/h7-14H,5-6H2,1-4H3,(H,31,33)(H,32,34). The molecule has 0 aliphatic rings. The van der Waals surface area contributed by atoms with E-state index in [4.69, 9.17) is 9.97 Å². The maximum atomic E-state index is 4.80. The molecule has 0 fully saturated rings. The molecule has 0 radical (unpaired) electrons. The predicted molar refractivity (Wildman–Crippen MR) is 132 cm³/mol. The van der Waals surface area contributed by atoms with Crippen molar-refractivity contribution in [1.82, 2.24) is 40.3 Å². The van der Waals surface area contributed by atoms with Crippen LogP contribution < -0.4 is 0 Å². The van der Waals surface area contributed by atoms with E-state index in [9.17, 15) is 0 Å². The maximum absolute atomic E-state index is 4.80. The molecule has 4 heterocycles. The number of nitrogens with one attached hydrogen (secondary N) is 2. The highest BCUT2D eigenvalue weighted by molar-refractivity contribution is 5.71. The Hall–Kier alpha value is -4.20. The molecule has 4 aromatic heterocycles. The molecule has 5 rings (SSSR count). The van der Waals surface area contributed by atoms with Crippen LogP contribution in [-0.4, -0.2) is 40.3 Å². The summed E-state index contributed by atoms with van der Waals surface area (Å²) < 4.78 is 0. The van der Waals surface area contributed by atoms with Gasteiger partial charge in [-0.2, -0.15) is 10.2 Å². The minimum absolute atomic E-state index is 0.612. The normalized spacial score (nSPS) is 11.2. The first-order chi connectivity index (χ1) is 16.6. The van der Waals surface area contributed by atoms with Gasteiger partial charge in [-0.1, -0.05) is 32.0 Å². The molecule has 1 aromatic carbocycles. The average molecular weight is 451 g/mol. The monoisotopic (exact) mass is 450 g/mol. The zero-order valence-corrected chi connectivity index (χ0v) is 19.7. The molecular formula is C26H26N8. The molecule has 8 nitrogen and oxygen atoms in total. The Morgan fingerprint density at radius 3 is 1.56 bits per heavy atom. The molecule has 5 aromatic rings. The summed E-state index contributed by atoms with van der Waals surface area (Å²) in [4.78, 5) is 18.5. The number of benzene rings is 1. The smallest absolute Gasteiger partial charge is 0.180 e. The first kappa shape index (κ1) is 21.6. The lowest BCUT2D eigenvalue weighted by Crippen LogP contribution is -1.95. The molecule has 8 heteroatoms. The average Bonchev–Trinajstić information content (AvgIpc) is 3.45. The Kier molecular flexibility index (Phi) is 5.71. The third-order valence-corrected chi connectivity index (χ3v) is 6.12. The van der Waals surface area contributed by atoms with Crippen molar-refractivity contribution in [1.29, 1.82) is 0 Å². The van der Waals surface area contributed by atoms with E-state index in [1.165, 1.54) is 0 Å². The van der Waals surface area contributed by atoms with E-state index in [1.54, 1.807) is 12.4 Å². The minimum atomic E-state index is 0.612. The number of aryl methyl sites for hydroxylation is 2. The van der Waals surface area contributed by atoms with Crippen molar-refractivity contribution in [2.75, 3.05) is 0 Å². The lowest BCUT2D eigenvalue weighted by atomic mass is 10.0. The van der Waals surface area contributed by atoms with Crippen molar-refractivity contribution in [2.45, 2.75) is 40.5 Å². The van der Waals surface area contributed by atoms with Gasteiger partial charge in [0.2, 0.25) is 0 Å². The Morgan fingerprint density at radius 2 is 1.15 bits per heavy atom. The summed E-state index contributed by atoms with van der Waals surface area (Å²) in [7, 11) is 0. The number of nitrogens with zero attached hydrogens (tertiary/aromatic N) is 6. The van der Waals surface area contributed by atoms with Crippen molar-refractivity contribution >= 4 is 0 Å². The fourth-order valence-corrected chi connectivity index (χ4v) is 4.10. The third kappa shape index (κ3) is 3.87. The van der Waals surface area contributed by atoms with Crippen LogP contribution in [0.2, 0.25) is 0 Å². The molecule has 0 atom stereocenters. The van der Waals surface area contributed by atoms with Crippen LogP contribution in [0.5, 0.6) is 0 Å². The van der Waals surface area contributed by atoms with Crippen molar-refractivity contribution in [2.24, 2.45) is 0 Å². The van der Waals surface area contributed by atoms with Crippen molar-refractivity contribution < 1.29 is 0 Å². The summed E-state index contributed by atoms with van der Waals surface area (Å²) in [5, 5.41) is 15.0. The van der Waals surface area contributed by atoms with Crippen LogP contribution >= 0.6 is 0 Å². The van der Waals surface area contributed by atoms with Gasteiger partial charge in [0.15, 0.2) is 11.6 Å². The summed E-state index contributed by atoms with van der Waals surface area (Å²) in [6.45, 7) is 8.29. The van der Waals surface area contributed by atoms with E-state index < -0.39 is 0 Å². The number of aromatic amines is 2. The van der Waals surface area contributed by atoms with Crippen molar-refractivity contribution in [3.05, 3.63) is 71.3 Å². The van der Waals surface area contributed by atoms with Gasteiger partial charge in [0.25, 0.3) is 0 Å². The SMILES string of the molecule is CCc1[nH]nc(-c2nccc(-c3cccc(-c4ccnc(-c5n[nH]c(CC)c5C)n4)c3)n2)c1C. The van der Waals surface area contributed by atoms with Gasteiger partial charge in [-0.25, -0.2) is 19.9 Å². The van der Waals surface area contributed by atoms with Crippen LogP contribution in [-0.2, 0) is 12.8 Å². The highest BCUT2D eigenvalue weighted by Gasteiger charge is 2.15. The maximum Gasteiger partial charge on any atom is 0.180 e. The van der Waals surface area contributed by atoms with Crippen LogP contribution in [0.15, 0.2) is 48.8 Å². The Balaban J connectivity index is 1.50. The zero-order chi connectivity index (χ0) is 23.7. The Labute approximate surface area is 198 Å². The van der Waals surface area contributed by atoms with E-state index in [1.807, 2.05) is 44.2 Å². The Bertz CT molecular complexity index is 1360. The van der Waals surface area contributed by atoms with Gasteiger partial charge in [-0.3, -0.25) is 10.2 Å². The predicted octanol–water partition coefficient (Wildman–Crippen LogP) is 5.12. The van der Waals surface area contributed by atoms with Gasteiger partial charge in [0, 0.05) is 46.0 Å². The molecule has 0 unspecified atom stereocenters. The summed E-state index contributed by atoms with van der Waals surface area (Å²) >= 11 is 0. The van der Waals surface area contributed by atoms with E-state index >= 15 is 0 Å². The molecule has 0 aliphatic carbocycles. The van der Waals surface area contributed by atoms with E-state index in [2.05, 4.69) is 50.3 Å². The first-order valence-electron chi connectivity index (χ1n) is 11.4. The largest absolute Gasteiger partial charge is 0.282 e. The van der Waals surface area contributed by atoms with Gasteiger partial charge in [-0.05, 0) is 44.9 Å². The van der Waals surface area contributed by atoms with Gasteiger partial charge in [0.05, 0.1) is 11.4 Å². The topological polar surface area (TPSA) is 109 Å². The fraction of sp³-hybridized carbons (Fsp3) is 0.231. The van der Waals surface area contributed by atoms with E-state index in [0.717, 1.165) is 69.3 Å². The number of rotatable bonds is 6. The van der Waals surface area contributed by atoms with Gasteiger partial charge >= 0.3 is 0 Å². The molecule has 0 aliphatic heterocycles. The van der Waals surface area contributed by atoms with Crippen LogP contribution in [0.1, 0.15) is 36.4 Å². The molecule has 2 N–H and O–H groups in total. The summed E-state index contributed by atoms with van der Waals surface area (Å²) in [6, 6.07) is 12.0. The number of aromatic nitrogens is 8. The van der Waals surface area contributed by atoms with Crippen LogP contribution in [0.3, 0.4) is 0 Å². The molecule has 170 valence electrons. The quantitative estimate of drug-likeness (QED) is 0.371. The number of hydrogen-bond acceptors (Lipinski definition) is 6. The molecular weight excluding hydrogens is 424 g/mol.